The van der Waals surface area contributed by atoms with Crippen LogP contribution in [0.3, 0.4) is 0 Å². The minimum Gasteiger partial charge on any atom is -0.374 e. The lowest BCUT2D eigenvalue weighted by Crippen LogP contribution is -2.45. The summed E-state index contributed by atoms with van der Waals surface area (Å²) in [4.78, 5) is 2.19. The minimum atomic E-state index is -2.41. The molecule has 3 nitrogen and oxygen atoms in total. The summed E-state index contributed by atoms with van der Waals surface area (Å²) in [6.07, 6.45) is -2.36. The highest BCUT2D eigenvalue weighted by Gasteiger charge is 2.19. The van der Waals surface area contributed by atoms with E-state index in [1.165, 1.54) is 6.07 Å². The third-order valence-corrected chi connectivity index (χ3v) is 3.09. The molecule has 0 spiro atoms. The second-order valence-corrected chi connectivity index (χ2v) is 4.51. The first kappa shape index (κ1) is 16.3. The van der Waals surface area contributed by atoms with Gasteiger partial charge in [0.25, 0.3) is 6.43 Å². The van der Waals surface area contributed by atoms with Crippen molar-refractivity contribution in [2.75, 3.05) is 26.2 Å². The molecular formula is C13H19ClF2N2O. The molecule has 0 aliphatic carbocycles. The molecule has 1 aromatic rings. The van der Waals surface area contributed by atoms with E-state index in [9.17, 15) is 8.78 Å². The fourth-order valence-corrected chi connectivity index (χ4v) is 2.15. The molecule has 2 N–H and O–H groups in total. The lowest BCUT2D eigenvalue weighted by Gasteiger charge is -2.32. The molecule has 1 atom stereocenters. The van der Waals surface area contributed by atoms with Crippen molar-refractivity contribution in [2.24, 2.45) is 5.73 Å². The highest BCUT2D eigenvalue weighted by molar-refractivity contribution is 5.85. The van der Waals surface area contributed by atoms with Gasteiger partial charge in [0, 0.05) is 31.7 Å². The van der Waals surface area contributed by atoms with Crippen LogP contribution >= 0.6 is 12.4 Å². The molecule has 1 heterocycles. The van der Waals surface area contributed by atoms with E-state index < -0.39 is 6.43 Å². The fourth-order valence-electron chi connectivity index (χ4n) is 2.15. The predicted molar refractivity (Wildman–Crippen MR) is 72.7 cm³/mol. The second kappa shape index (κ2) is 7.75. The summed E-state index contributed by atoms with van der Waals surface area (Å²) in [7, 11) is 0. The molecule has 1 saturated heterocycles. The van der Waals surface area contributed by atoms with Crippen LogP contribution in [0, 0.1) is 0 Å². The smallest absolute Gasteiger partial charge is 0.263 e. The number of nitrogens with two attached hydrogens (primary N) is 1. The van der Waals surface area contributed by atoms with Crippen molar-refractivity contribution in [3.05, 3.63) is 35.4 Å². The predicted octanol–water partition coefficient (Wildman–Crippen LogP) is 2.21. The molecule has 1 aromatic carbocycles. The topological polar surface area (TPSA) is 38.5 Å². The Bertz CT molecular complexity index is 393. The third kappa shape index (κ3) is 4.69. The van der Waals surface area contributed by atoms with E-state index in [2.05, 4.69) is 4.90 Å². The molecule has 2 rings (SSSR count). The third-order valence-electron chi connectivity index (χ3n) is 3.09. The van der Waals surface area contributed by atoms with Crippen LogP contribution in [-0.4, -0.2) is 37.2 Å². The van der Waals surface area contributed by atoms with Gasteiger partial charge in [0.05, 0.1) is 12.7 Å². The Labute approximate surface area is 118 Å². The quantitative estimate of drug-likeness (QED) is 0.925. The number of rotatable bonds is 4. The number of hydrogen-bond donors (Lipinski definition) is 1. The van der Waals surface area contributed by atoms with Gasteiger partial charge in [-0.1, -0.05) is 18.2 Å². The first-order chi connectivity index (χ1) is 8.69. The van der Waals surface area contributed by atoms with E-state index in [4.69, 9.17) is 10.5 Å². The van der Waals surface area contributed by atoms with Crippen molar-refractivity contribution >= 4 is 12.4 Å². The average molecular weight is 293 g/mol. The summed E-state index contributed by atoms with van der Waals surface area (Å²) < 4.78 is 30.7. The maximum absolute atomic E-state index is 12.6. The van der Waals surface area contributed by atoms with Crippen molar-refractivity contribution in [3.63, 3.8) is 0 Å². The van der Waals surface area contributed by atoms with Gasteiger partial charge < -0.3 is 10.5 Å². The molecule has 1 aliphatic rings. The molecule has 0 radical (unpaired) electrons. The minimum absolute atomic E-state index is 0. The molecular weight excluding hydrogens is 274 g/mol. The first-order valence-corrected chi connectivity index (χ1v) is 6.10. The number of hydrogen-bond acceptors (Lipinski definition) is 3. The Morgan fingerprint density at radius 3 is 2.89 bits per heavy atom. The van der Waals surface area contributed by atoms with E-state index in [1.54, 1.807) is 12.1 Å². The standard InChI is InChI=1S/C13H18F2N2O.ClH/c14-13(15)11-3-1-2-10(6-11)8-17-4-5-18-12(7-16)9-17;/h1-3,6,12-13H,4-5,7-9,16H2;1H. The zero-order chi connectivity index (χ0) is 13.0. The summed E-state index contributed by atoms with van der Waals surface area (Å²) in [5, 5.41) is 0. The van der Waals surface area contributed by atoms with Crippen LogP contribution in [0.15, 0.2) is 24.3 Å². The van der Waals surface area contributed by atoms with E-state index >= 15 is 0 Å². The van der Waals surface area contributed by atoms with E-state index in [-0.39, 0.29) is 24.1 Å². The summed E-state index contributed by atoms with van der Waals surface area (Å²) in [5.41, 5.74) is 6.56. The Kier molecular flexibility index (Phi) is 6.65. The van der Waals surface area contributed by atoms with Crippen LogP contribution in [0.5, 0.6) is 0 Å². The fraction of sp³-hybridized carbons (Fsp3) is 0.538. The van der Waals surface area contributed by atoms with E-state index in [0.29, 0.717) is 19.7 Å². The molecule has 19 heavy (non-hydrogen) atoms. The Morgan fingerprint density at radius 1 is 1.42 bits per heavy atom. The number of halogens is 3. The molecule has 1 fully saturated rings. The van der Waals surface area contributed by atoms with Crippen LogP contribution < -0.4 is 5.73 Å². The first-order valence-electron chi connectivity index (χ1n) is 6.10. The van der Waals surface area contributed by atoms with Gasteiger partial charge in [0.2, 0.25) is 0 Å². The van der Waals surface area contributed by atoms with Gasteiger partial charge in [-0.05, 0) is 11.6 Å². The van der Waals surface area contributed by atoms with Gasteiger partial charge in [0.15, 0.2) is 0 Å². The Hall–Kier alpha value is -0.750. The van der Waals surface area contributed by atoms with Crippen molar-refractivity contribution in [3.8, 4) is 0 Å². The molecule has 0 amide bonds. The summed E-state index contributed by atoms with van der Waals surface area (Å²) in [5.74, 6) is 0. The molecule has 0 bridgehead atoms. The van der Waals surface area contributed by atoms with Gasteiger partial charge in [0.1, 0.15) is 0 Å². The van der Waals surface area contributed by atoms with Crippen LogP contribution in [-0.2, 0) is 11.3 Å². The average Bonchev–Trinajstić information content (AvgIpc) is 2.39. The molecule has 108 valence electrons. The maximum atomic E-state index is 12.6. The number of nitrogens with zero attached hydrogens (tertiary/aromatic N) is 1. The molecule has 0 aromatic heterocycles. The van der Waals surface area contributed by atoms with Gasteiger partial charge in [-0.3, -0.25) is 4.90 Å². The number of alkyl halides is 2. The van der Waals surface area contributed by atoms with Crippen molar-refractivity contribution in [2.45, 2.75) is 19.1 Å². The monoisotopic (exact) mass is 292 g/mol. The molecule has 6 heteroatoms. The van der Waals surface area contributed by atoms with Crippen LogP contribution in [0.1, 0.15) is 17.6 Å². The summed E-state index contributed by atoms with van der Waals surface area (Å²) in [6, 6.07) is 6.57. The lowest BCUT2D eigenvalue weighted by molar-refractivity contribution is -0.0260. The largest absolute Gasteiger partial charge is 0.374 e. The Morgan fingerprint density at radius 2 is 2.21 bits per heavy atom. The maximum Gasteiger partial charge on any atom is 0.263 e. The van der Waals surface area contributed by atoms with Crippen molar-refractivity contribution < 1.29 is 13.5 Å². The highest BCUT2D eigenvalue weighted by atomic mass is 35.5. The number of ether oxygens (including phenoxy) is 1. The summed E-state index contributed by atoms with van der Waals surface area (Å²) in [6.45, 7) is 3.38. The van der Waals surface area contributed by atoms with E-state index in [1.807, 2.05) is 6.07 Å². The number of morpholine rings is 1. The van der Waals surface area contributed by atoms with Crippen molar-refractivity contribution in [1.82, 2.24) is 4.90 Å². The number of benzene rings is 1. The van der Waals surface area contributed by atoms with Crippen molar-refractivity contribution in [1.29, 1.82) is 0 Å². The lowest BCUT2D eigenvalue weighted by atomic mass is 10.1. The Balaban J connectivity index is 0.00000180. The summed E-state index contributed by atoms with van der Waals surface area (Å²) >= 11 is 0. The normalized spacial score (nSPS) is 20.3. The SMILES string of the molecule is Cl.NCC1CN(Cc2cccc(C(F)F)c2)CCO1. The molecule has 1 aliphatic heterocycles. The van der Waals surface area contributed by atoms with Gasteiger partial charge in [-0.25, -0.2) is 8.78 Å². The zero-order valence-corrected chi connectivity index (χ0v) is 11.4. The highest BCUT2D eigenvalue weighted by Crippen LogP contribution is 2.20. The van der Waals surface area contributed by atoms with Crippen LogP contribution in [0.4, 0.5) is 8.78 Å². The van der Waals surface area contributed by atoms with Crippen LogP contribution in [0.2, 0.25) is 0 Å². The van der Waals surface area contributed by atoms with Gasteiger partial charge in [-0.15, -0.1) is 12.4 Å². The molecule has 0 saturated carbocycles. The second-order valence-electron chi connectivity index (χ2n) is 4.51. The van der Waals surface area contributed by atoms with Gasteiger partial charge >= 0.3 is 0 Å². The van der Waals surface area contributed by atoms with E-state index in [0.717, 1.165) is 18.7 Å². The molecule has 1 unspecified atom stereocenters. The van der Waals surface area contributed by atoms with Crippen LogP contribution in [0.25, 0.3) is 0 Å². The zero-order valence-electron chi connectivity index (χ0n) is 10.6. The van der Waals surface area contributed by atoms with Gasteiger partial charge in [-0.2, -0.15) is 0 Å².